The van der Waals surface area contributed by atoms with Crippen LogP contribution in [-0.2, 0) is 29.7 Å². The molecule has 0 aliphatic rings. The van der Waals surface area contributed by atoms with Crippen molar-refractivity contribution in [2.75, 3.05) is 26.2 Å². The van der Waals surface area contributed by atoms with Crippen molar-refractivity contribution in [1.82, 2.24) is 19.4 Å². The van der Waals surface area contributed by atoms with Crippen molar-refractivity contribution >= 4 is 26.8 Å². The van der Waals surface area contributed by atoms with Crippen LogP contribution >= 0.6 is 0 Å². The second-order valence-electron chi connectivity index (χ2n) is 12.1. The van der Waals surface area contributed by atoms with Crippen LogP contribution in [0, 0.1) is 0 Å². The predicted molar refractivity (Wildman–Crippen MR) is 197 cm³/mol. The Labute approximate surface area is 287 Å². The van der Waals surface area contributed by atoms with Gasteiger partial charge < -0.3 is 15.1 Å². The fourth-order valence-electron chi connectivity index (χ4n) is 5.97. The molecular formula is C40H48N4O3S. The molecule has 5 aromatic carbocycles. The number of hydrogen-bond donors (Lipinski definition) is 1. The maximum absolute atomic E-state index is 14.0. The molecule has 252 valence electrons. The zero-order valence-corrected chi connectivity index (χ0v) is 28.9. The molecule has 48 heavy (non-hydrogen) atoms. The number of amides is 2. The molecule has 0 heterocycles. The molecule has 1 unspecified atom stereocenters. The second kappa shape index (κ2) is 16.6. The maximum Gasteiger partial charge on any atom is 0.318 e. The highest BCUT2D eigenvalue weighted by atomic mass is 32.2. The molecule has 0 aliphatic heterocycles. The van der Waals surface area contributed by atoms with Crippen LogP contribution in [0.5, 0.6) is 0 Å². The van der Waals surface area contributed by atoms with Crippen LogP contribution in [0.15, 0.2) is 132 Å². The van der Waals surface area contributed by atoms with Gasteiger partial charge in [0.1, 0.15) is 0 Å². The summed E-state index contributed by atoms with van der Waals surface area (Å²) in [6.45, 7) is 10.2. The van der Waals surface area contributed by atoms with E-state index < -0.39 is 10.0 Å². The van der Waals surface area contributed by atoms with Crippen LogP contribution < -0.4 is 5.32 Å². The van der Waals surface area contributed by atoms with Gasteiger partial charge in [-0.3, -0.25) is 0 Å². The van der Waals surface area contributed by atoms with E-state index >= 15 is 0 Å². The number of sulfonamides is 1. The Bertz CT molecular complexity index is 1820. The molecule has 2 amide bonds. The minimum Gasteiger partial charge on any atom is -0.331 e. The van der Waals surface area contributed by atoms with E-state index in [9.17, 15) is 13.2 Å². The lowest BCUT2D eigenvalue weighted by atomic mass is 10.00. The number of fused-ring (bicyclic) bond motifs is 1. The molecule has 1 atom stereocenters. The molecular weight excluding hydrogens is 617 g/mol. The predicted octanol–water partition coefficient (Wildman–Crippen LogP) is 8.09. The van der Waals surface area contributed by atoms with Gasteiger partial charge in [-0.2, -0.15) is 4.31 Å². The first-order valence-electron chi connectivity index (χ1n) is 16.7. The van der Waals surface area contributed by atoms with E-state index in [1.807, 2.05) is 103 Å². The third kappa shape index (κ3) is 8.89. The number of carbonyl (C=O) groups excluding carboxylic acids is 1. The smallest absolute Gasteiger partial charge is 0.318 e. The molecule has 0 saturated carbocycles. The van der Waals surface area contributed by atoms with E-state index in [-0.39, 0.29) is 31.5 Å². The van der Waals surface area contributed by atoms with Crippen molar-refractivity contribution in [2.24, 2.45) is 0 Å². The fourth-order valence-corrected chi connectivity index (χ4v) is 7.39. The molecule has 1 N–H and O–H groups in total. The van der Waals surface area contributed by atoms with Crippen LogP contribution in [0.2, 0.25) is 0 Å². The Kier molecular flexibility index (Phi) is 12.0. The van der Waals surface area contributed by atoms with E-state index in [1.54, 1.807) is 12.1 Å². The quantitative estimate of drug-likeness (QED) is 0.123. The molecule has 0 radical (unpaired) electrons. The minimum absolute atomic E-state index is 0. The summed E-state index contributed by atoms with van der Waals surface area (Å²) >= 11 is 0. The van der Waals surface area contributed by atoms with Gasteiger partial charge in [-0.05, 0) is 65.2 Å². The zero-order chi connectivity index (χ0) is 33.9. The highest BCUT2D eigenvalue weighted by Crippen LogP contribution is 2.25. The number of rotatable bonds is 15. The lowest BCUT2D eigenvalue weighted by molar-refractivity contribution is 0.179. The number of nitrogens with one attached hydrogen (secondary N) is 1. The van der Waals surface area contributed by atoms with Gasteiger partial charge in [0.25, 0.3) is 0 Å². The van der Waals surface area contributed by atoms with Gasteiger partial charge in [-0.25, -0.2) is 13.2 Å². The first-order valence-corrected chi connectivity index (χ1v) is 18.1. The summed E-state index contributed by atoms with van der Waals surface area (Å²) < 4.78 is 29.6. The Morgan fingerprint density at radius 1 is 0.667 bits per heavy atom. The number of nitrogens with zero attached hydrogens (tertiary/aromatic N) is 3. The number of benzene rings is 5. The SMILES string of the molecule is CCN(CC)CCN(Cc1ccc(S(=O)(=O)N(Cc2ccccc2)Cc2ccccc2)cc1)C(=O)NC(C)c1cccc2ccccc12.[HH]. The molecule has 0 spiro atoms. The molecule has 0 aliphatic carbocycles. The van der Waals surface area contributed by atoms with Crippen LogP contribution in [0.1, 0.15) is 50.5 Å². The summed E-state index contributed by atoms with van der Waals surface area (Å²) in [6.07, 6.45) is 0. The Morgan fingerprint density at radius 3 is 1.81 bits per heavy atom. The van der Waals surface area contributed by atoms with Gasteiger partial charge in [0.2, 0.25) is 10.0 Å². The van der Waals surface area contributed by atoms with Gasteiger partial charge >= 0.3 is 6.03 Å². The molecule has 8 heteroatoms. The van der Waals surface area contributed by atoms with E-state index in [4.69, 9.17) is 0 Å². The highest BCUT2D eigenvalue weighted by Gasteiger charge is 2.26. The van der Waals surface area contributed by atoms with Gasteiger partial charge in [-0.15, -0.1) is 0 Å². The molecule has 5 rings (SSSR count). The van der Waals surface area contributed by atoms with Crippen LogP contribution in [0.25, 0.3) is 10.8 Å². The lowest BCUT2D eigenvalue weighted by Crippen LogP contribution is -2.44. The fraction of sp³-hybridized carbons (Fsp3) is 0.275. The van der Waals surface area contributed by atoms with Crippen LogP contribution in [0.3, 0.4) is 0 Å². The largest absolute Gasteiger partial charge is 0.331 e. The summed E-state index contributed by atoms with van der Waals surface area (Å²) in [5.74, 6) is 0. The first kappa shape index (κ1) is 34.8. The third-order valence-corrected chi connectivity index (χ3v) is 10.6. The number of carbonyl (C=O) groups is 1. The Morgan fingerprint density at radius 2 is 1.21 bits per heavy atom. The average Bonchev–Trinajstić information content (AvgIpc) is 3.12. The van der Waals surface area contributed by atoms with Gasteiger partial charge in [0, 0.05) is 34.2 Å². The van der Waals surface area contributed by atoms with Crippen LogP contribution in [0.4, 0.5) is 4.79 Å². The summed E-state index contributed by atoms with van der Waals surface area (Å²) in [5, 5.41) is 5.48. The van der Waals surface area contributed by atoms with Crippen molar-refractivity contribution in [2.45, 2.75) is 51.3 Å². The number of likely N-dealkylation sites (N-methyl/N-ethyl adjacent to an activating group) is 1. The van der Waals surface area contributed by atoms with Crippen molar-refractivity contribution in [3.8, 4) is 0 Å². The van der Waals surface area contributed by atoms with E-state index in [2.05, 4.69) is 48.3 Å². The molecule has 7 nitrogen and oxygen atoms in total. The number of urea groups is 1. The summed E-state index contributed by atoms with van der Waals surface area (Å²) in [6, 6.07) is 40.3. The average molecular weight is 665 g/mol. The maximum atomic E-state index is 14.0. The molecule has 5 aromatic rings. The Balaban J connectivity index is 0.00000541. The zero-order valence-electron chi connectivity index (χ0n) is 28.1. The molecule has 0 saturated heterocycles. The van der Waals surface area contributed by atoms with Gasteiger partial charge in [-0.1, -0.05) is 129 Å². The standard InChI is InChI=1S/C40H46N4O3S.H2/c1-4-42(5-2)27-28-43(40(45)41-32(3)38-22-14-20-36-19-12-13-21-39(36)38)29-35-23-25-37(26-24-35)48(46,47)44(30-33-15-8-6-9-16-33)31-34-17-10-7-11-18-34;/h6-26,32H,4-5,27-31H2,1-3H3,(H,41,45);1H. The Hall–Kier alpha value is -4.50. The summed E-state index contributed by atoms with van der Waals surface area (Å²) in [4.78, 5) is 18.1. The van der Waals surface area contributed by atoms with Crippen LogP contribution in [-0.4, -0.2) is 54.7 Å². The summed E-state index contributed by atoms with van der Waals surface area (Å²) in [5.41, 5.74) is 3.76. The first-order chi connectivity index (χ1) is 23.3. The third-order valence-electron chi connectivity index (χ3n) is 8.84. The van der Waals surface area contributed by atoms with Crippen molar-refractivity contribution in [3.05, 3.63) is 150 Å². The molecule has 0 aromatic heterocycles. The lowest BCUT2D eigenvalue weighted by Gasteiger charge is -2.28. The number of hydrogen-bond acceptors (Lipinski definition) is 4. The van der Waals surface area contributed by atoms with Crippen molar-refractivity contribution < 1.29 is 14.6 Å². The normalized spacial score (nSPS) is 12.4. The van der Waals surface area contributed by atoms with Gasteiger partial charge in [0.15, 0.2) is 0 Å². The van der Waals surface area contributed by atoms with Crippen molar-refractivity contribution in [1.29, 1.82) is 0 Å². The van der Waals surface area contributed by atoms with Gasteiger partial charge in [0.05, 0.1) is 10.9 Å². The van der Waals surface area contributed by atoms with Crippen molar-refractivity contribution in [3.63, 3.8) is 0 Å². The molecule has 0 bridgehead atoms. The van der Waals surface area contributed by atoms with E-state index in [0.29, 0.717) is 13.1 Å². The van der Waals surface area contributed by atoms with E-state index in [1.165, 1.54) is 4.31 Å². The summed E-state index contributed by atoms with van der Waals surface area (Å²) in [7, 11) is -3.82. The van der Waals surface area contributed by atoms with E-state index in [0.717, 1.165) is 52.7 Å². The minimum atomic E-state index is -3.82. The monoisotopic (exact) mass is 664 g/mol. The topological polar surface area (TPSA) is 73.0 Å². The molecule has 0 fully saturated rings. The highest BCUT2D eigenvalue weighted by molar-refractivity contribution is 7.89. The second-order valence-corrected chi connectivity index (χ2v) is 14.0.